The number of carbonyl (C=O) groups is 3. The molecule has 0 bridgehead atoms. The Morgan fingerprint density at radius 1 is 0.878 bits per heavy atom. The molecular weight excluding hydrogens is 644 g/mol. The van der Waals surface area contributed by atoms with Crippen molar-refractivity contribution in [2.75, 3.05) is 16.9 Å². The zero-order chi connectivity index (χ0) is 34.1. The van der Waals surface area contributed by atoms with Gasteiger partial charge in [-0.3, -0.25) is 19.3 Å². The van der Waals surface area contributed by atoms with E-state index in [1.165, 1.54) is 23.9 Å². The molecule has 0 spiro atoms. The molecule has 4 N–H and O–H groups in total. The van der Waals surface area contributed by atoms with E-state index in [0.29, 0.717) is 27.9 Å². The minimum atomic E-state index is -0.921. The standard InChI is InChI=1S/C37H27FN6O4S/c1-49-37-42-32(33(43-37)22-16-17-39-30(19-22)40-23-9-3-2-4-10-23)21-8-7-11-24(18-21)41-34(46)31-27(29(45)15-14-28(31)38)20-44-35(47)25-12-5-6-13-26(25)36(44)48/h2-19,45H,20H2,1H3,(H,39,40)(H,41,46)(H,42,43). The number of anilines is 3. The van der Waals surface area contributed by atoms with E-state index >= 15 is 4.39 Å². The number of imide groups is 1. The molecule has 242 valence electrons. The van der Waals surface area contributed by atoms with E-state index in [0.717, 1.165) is 34.0 Å². The fourth-order valence-corrected chi connectivity index (χ4v) is 6.07. The van der Waals surface area contributed by atoms with Gasteiger partial charge in [-0.2, -0.15) is 0 Å². The van der Waals surface area contributed by atoms with Crippen LogP contribution in [0.5, 0.6) is 5.75 Å². The van der Waals surface area contributed by atoms with E-state index in [4.69, 9.17) is 4.98 Å². The molecule has 3 amide bonds. The minimum Gasteiger partial charge on any atom is -0.508 e. The summed E-state index contributed by atoms with van der Waals surface area (Å²) in [7, 11) is 0. The van der Waals surface area contributed by atoms with Crippen molar-refractivity contribution in [1.29, 1.82) is 0 Å². The minimum absolute atomic E-state index is 0.194. The molecule has 1 aliphatic heterocycles. The average Bonchev–Trinajstić information content (AvgIpc) is 3.66. The summed E-state index contributed by atoms with van der Waals surface area (Å²) in [5, 5.41) is 17.4. The van der Waals surface area contributed by atoms with Crippen molar-refractivity contribution >= 4 is 46.7 Å². The lowest BCUT2D eigenvalue weighted by Crippen LogP contribution is -2.30. The fraction of sp³-hybridized carbons (Fsp3) is 0.0541. The van der Waals surface area contributed by atoms with Gasteiger partial charge in [-0.15, -0.1) is 0 Å². The van der Waals surface area contributed by atoms with Crippen molar-refractivity contribution in [3.63, 3.8) is 0 Å². The highest BCUT2D eigenvalue weighted by atomic mass is 32.2. The van der Waals surface area contributed by atoms with Gasteiger partial charge in [0.25, 0.3) is 17.7 Å². The SMILES string of the molecule is CSc1nc(-c2cccc(NC(=O)c3c(F)ccc(O)c3CN3C(=O)c4ccccc4C3=O)c2)c(-c2ccnc(Nc3ccccc3)c2)[nH]1. The number of para-hydroxylation sites is 1. The first-order valence-electron chi connectivity index (χ1n) is 15.1. The quantitative estimate of drug-likeness (QED) is 0.0916. The number of fused-ring (bicyclic) bond motifs is 1. The number of rotatable bonds is 9. The summed E-state index contributed by atoms with van der Waals surface area (Å²) < 4.78 is 15.3. The molecule has 6 aromatic rings. The van der Waals surface area contributed by atoms with Crippen molar-refractivity contribution in [1.82, 2.24) is 19.9 Å². The van der Waals surface area contributed by atoms with Gasteiger partial charge >= 0.3 is 0 Å². The fourth-order valence-electron chi connectivity index (χ4n) is 5.68. The molecule has 0 radical (unpaired) electrons. The van der Waals surface area contributed by atoms with Gasteiger partial charge < -0.3 is 20.7 Å². The maximum absolute atomic E-state index is 15.3. The molecule has 2 aromatic heterocycles. The number of halogens is 1. The molecule has 0 saturated carbocycles. The van der Waals surface area contributed by atoms with Crippen LogP contribution in [0.1, 0.15) is 36.6 Å². The summed E-state index contributed by atoms with van der Waals surface area (Å²) >= 11 is 1.44. The predicted molar refractivity (Wildman–Crippen MR) is 185 cm³/mol. The Labute approximate surface area is 284 Å². The summed E-state index contributed by atoms with van der Waals surface area (Å²) in [6.07, 6.45) is 3.60. The lowest BCUT2D eigenvalue weighted by Gasteiger charge is -2.18. The number of amides is 3. The van der Waals surface area contributed by atoms with Crippen LogP contribution in [0.4, 0.5) is 21.6 Å². The van der Waals surface area contributed by atoms with Crippen LogP contribution in [0.2, 0.25) is 0 Å². The Balaban J connectivity index is 1.18. The number of benzene rings is 4. The number of phenols is 1. The first kappa shape index (κ1) is 31.3. The van der Waals surface area contributed by atoms with Crippen LogP contribution < -0.4 is 10.6 Å². The molecule has 1 aliphatic rings. The summed E-state index contributed by atoms with van der Waals surface area (Å²) in [4.78, 5) is 53.2. The third-order valence-corrected chi connectivity index (χ3v) is 8.60. The predicted octanol–water partition coefficient (Wildman–Crippen LogP) is 7.50. The van der Waals surface area contributed by atoms with Crippen LogP contribution in [0, 0.1) is 5.82 Å². The smallest absolute Gasteiger partial charge is 0.261 e. The zero-order valence-electron chi connectivity index (χ0n) is 25.9. The van der Waals surface area contributed by atoms with Crippen LogP contribution in [0.15, 0.2) is 114 Å². The van der Waals surface area contributed by atoms with E-state index in [-0.39, 0.29) is 16.7 Å². The first-order chi connectivity index (χ1) is 23.8. The van der Waals surface area contributed by atoms with Gasteiger partial charge in [0.1, 0.15) is 17.4 Å². The summed E-state index contributed by atoms with van der Waals surface area (Å²) in [6.45, 7) is -0.500. The number of hydrogen-bond donors (Lipinski definition) is 4. The Morgan fingerprint density at radius 3 is 2.33 bits per heavy atom. The van der Waals surface area contributed by atoms with Crippen molar-refractivity contribution < 1.29 is 23.9 Å². The maximum atomic E-state index is 15.3. The molecule has 4 aromatic carbocycles. The number of thioether (sulfide) groups is 1. The Morgan fingerprint density at radius 2 is 1.59 bits per heavy atom. The number of H-pyrrole nitrogens is 1. The number of imidazole rings is 1. The number of hydrogen-bond acceptors (Lipinski definition) is 8. The third kappa shape index (κ3) is 6.12. The molecule has 10 nitrogen and oxygen atoms in total. The van der Waals surface area contributed by atoms with E-state index in [9.17, 15) is 19.5 Å². The molecule has 49 heavy (non-hydrogen) atoms. The Kier molecular flexibility index (Phi) is 8.37. The maximum Gasteiger partial charge on any atom is 0.261 e. The number of carbonyl (C=O) groups excluding carboxylic acids is 3. The highest BCUT2D eigenvalue weighted by Crippen LogP contribution is 2.35. The van der Waals surface area contributed by atoms with Gasteiger partial charge in [-0.25, -0.2) is 14.4 Å². The number of phenolic OH excluding ortho intramolecular Hbond substituents is 1. The highest BCUT2D eigenvalue weighted by Gasteiger charge is 2.36. The first-order valence-corrected chi connectivity index (χ1v) is 16.3. The highest BCUT2D eigenvalue weighted by molar-refractivity contribution is 7.98. The van der Waals surface area contributed by atoms with Crippen LogP contribution in [-0.2, 0) is 6.54 Å². The van der Waals surface area contributed by atoms with Crippen molar-refractivity contribution in [3.05, 3.63) is 137 Å². The number of pyridine rings is 1. The molecule has 0 unspecified atom stereocenters. The van der Waals surface area contributed by atoms with Crippen LogP contribution in [0.25, 0.3) is 22.5 Å². The lowest BCUT2D eigenvalue weighted by atomic mass is 10.0. The molecular formula is C37H27FN6O4S. The molecule has 0 fully saturated rings. The summed E-state index contributed by atoms with van der Waals surface area (Å²) in [6, 6.07) is 28.7. The van der Waals surface area contributed by atoms with E-state index in [1.807, 2.05) is 54.8 Å². The van der Waals surface area contributed by atoms with Gasteiger partial charge in [0, 0.05) is 34.3 Å². The topological polar surface area (TPSA) is 140 Å². The molecule has 7 rings (SSSR count). The van der Waals surface area contributed by atoms with E-state index < -0.39 is 41.4 Å². The van der Waals surface area contributed by atoms with Gasteiger partial charge in [-0.1, -0.05) is 54.2 Å². The lowest BCUT2D eigenvalue weighted by molar-refractivity contribution is 0.0639. The largest absolute Gasteiger partial charge is 0.508 e. The second-order valence-electron chi connectivity index (χ2n) is 11.1. The summed E-state index contributed by atoms with van der Waals surface area (Å²) in [5.41, 5.74) is 3.78. The van der Waals surface area contributed by atoms with Crippen LogP contribution in [0.3, 0.4) is 0 Å². The van der Waals surface area contributed by atoms with Crippen LogP contribution >= 0.6 is 11.8 Å². The van der Waals surface area contributed by atoms with Gasteiger partial charge in [0.05, 0.1) is 34.6 Å². The second kappa shape index (κ2) is 13.1. The molecule has 12 heteroatoms. The zero-order valence-corrected chi connectivity index (χ0v) is 26.7. The van der Waals surface area contributed by atoms with Gasteiger partial charge in [-0.05, 0) is 66.9 Å². The number of nitrogens with one attached hydrogen (secondary N) is 3. The van der Waals surface area contributed by atoms with E-state index in [1.54, 1.807) is 36.5 Å². The molecule has 3 heterocycles. The number of aromatic amines is 1. The van der Waals surface area contributed by atoms with Crippen molar-refractivity contribution in [3.8, 4) is 28.3 Å². The molecule has 0 atom stereocenters. The normalized spacial score (nSPS) is 12.2. The molecule has 0 saturated heterocycles. The monoisotopic (exact) mass is 670 g/mol. The van der Waals surface area contributed by atoms with Gasteiger partial charge in [0.15, 0.2) is 5.16 Å². The molecule has 0 aliphatic carbocycles. The van der Waals surface area contributed by atoms with Gasteiger partial charge in [0.2, 0.25) is 0 Å². The second-order valence-corrected chi connectivity index (χ2v) is 11.9. The number of nitrogens with zero attached hydrogens (tertiary/aromatic N) is 3. The Bertz CT molecular complexity index is 2220. The van der Waals surface area contributed by atoms with Crippen LogP contribution in [-0.4, -0.2) is 48.9 Å². The number of aromatic hydroxyl groups is 1. The van der Waals surface area contributed by atoms with E-state index in [2.05, 4.69) is 20.6 Å². The Hall–Kier alpha value is -6.27. The van der Waals surface area contributed by atoms with Crippen molar-refractivity contribution in [2.45, 2.75) is 11.7 Å². The third-order valence-electron chi connectivity index (χ3n) is 8.02. The number of aromatic nitrogens is 3. The average molecular weight is 671 g/mol. The van der Waals surface area contributed by atoms with Crippen molar-refractivity contribution in [2.24, 2.45) is 0 Å². The summed E-state index contributed by atoms with van der Waals surface area (Å²) in [5.74, 6) is -2.77.